The first-order valence-electron chi connectivity index (χ1n) is 9.71. The van der Waals surface area contributed by atoms with Gasteiger partial charge in [-0.05, 0) is 62.4 Å². The van der Waals surface area contributed by atoms with Crippen molar-refractivity contribution < 1.29 is 19.1 Å². The van der Waals surface area contributed by atoms with Gasteiger partial charge in [0, 0.05) is 42.2 Å². The minimum absolute atomic E-state index is 0.0663. The van der Waals surface area contributed by atoms with Crippen molar-refractivity contribution >= 4 is 29.1 Å². The molecule has 160 valence electrons. The number of nitrogens with one attached hydrogen (secondary N) is 4. The van der Waals surface area contributed by atoms with E-state index in [-0.39, 0.29) is 30.3 Å². The zero-order valence-electron chi connectivity index (χ0n) is 17.5. The molecular weight excluding hydrogens is 384 g/mol. The molecule has 0 spiro atoms. The second-order valence-electron chi connectivity index (χ2n) is 6.93. The summed E-state index contributed by atoms with van der Waals surface area (Å²) in [5.41, 5.74) is 2.39. The molecule has 4 N–H and O–H groups in total. The van der Waals surface area contributed by atoms with Gasteiger partial charge in [-0.3, -0.25) is 14.4 Å². The molecule has 2 aromatic carbocycles. The Morgan fingerprint density at radius 3 is 2.00 bits per heavy atom. The molecule has 0 aliphatic rings. The minimum Gasteiger partial charge on any atom is -0.383 e. The molecule has 8 nitrogen and oxygen atoms in total. The number of hydrogen-bond donors (Lipinski definition) is 4. The van der Waals surface area contributed by atoms with Gasteiger partial charge >= 0.3 is 0 Å². The number of carbonyl (C=O) groups is 3. The second-order valence-corrected chi connectivity index (χ2v) is 6.93. The molecule has 0 unspecified atom stereocenters. The van der Waals surface area contributed by atoms with Crippen LogP contribution in [0, 0.1) is 0 Å². The van der Waals surface area contributed by atoms with E-state index in [1.54, 1.807) is 55.6 Å². The summed E-state index contributed by atoms with van der Waals surface area (Å²) in [5, 5.41) is 11.3. The number of benzene rings is 2. The largest absolute Gasteiger partial charge is 0.383 e. The van der Waals surface area contributed by atoms with Gasteiger partial charge in [-0.25, -0.2) is 0 Å². The molecule has 0 aromatic heterocycles. The summed E-state index contributed by atoms with van der Waals surface area (Å²) in [7, 11) is 1.57. The van der Waals surface area contributed by atoms with Crippen molar-refractivity contribution in [1.29, 1.82) is 0 Å². The van der Waals surface area contributed by atoms with E-state index < -0.39 is 0 Å². The Balaban J connectivity index is 1.80. The molecule has 0 heterocycles. The maximum Gasteiger partial charge on any atom is 0.251 e. The molecule has 2 aromatic rings. The van der Waals surface area contributed by atoms with E-state index in [1.807, 2.05) is 13.8 Å². The second kappa shape index (κ2) is 11.6. The molecule has 3 amide bonds. The number of anilines is 2. The van der Waals surface area contributed by atoms with E-state index in [9.17, 15) is 14.4 Å². The van der Waals surface area contributed by atoms with Crippen LogP contribution in [0.2, 0.25) is 0 Å². The molecule has 0 atom stereocenters. The van der Waals surface area contributed by atoms with Crippen molar-refractivity contribution in [3.05, 3.63) is 59.7 Å². The zero-order chi connectivity index (χ0) is 21.9. The zero-order valence-corrected chi connectivity index (χ0v) is 17.5. The summed E-state index contributed by atoms with van der Waals surface area (Å²) in [6.45, 7) is 4.75. The fraction of sp³-hybridized carbons (Fsp3) is 0.318. The highest BCUT2D eigenvalue weighted by Crippen LogP contribution is 2.11. The Kier molecular flexibility index (Phi) is 8.83. The van der Waals surface area contributed by atoms with Crippen molar-refractivity contribution in [3.63, 3.8) is 0 Å². The van der Waals surface area contributed by atoms with Crippen LogP contribution in [0.1, 0.15) is 34.6 Å². The van der Waals surface area contributed by atoms with Gasteiger partial charge in [0.15, 0.2) is 0 Å². The lowest BCUT2D eigenvalue weighted by Gasteiger charge is -2.10. The first-order chi connectivity index (χ1) is 14.4. The van der Waals surface area contributed by atoms with E-state index in [1.165, 1.54) is 0 Å². The summed E-state index contributed by atoms with van der Waals surface area (Å²) in [5.74, 6) is -0.559. The molecule has 0 aliphatic heterocycles. The fourth-order valence-corrected chi connectivity index (χ4v) is 2.55. The molecule has 0 saturated heterocycles. The van der Waals surface area contributed by atoms with E-state index in [0.29, 0.717) is 30.0 Å². The molecule has 2 rings (SSSR count). The monoisotopic (exact) mass is 412 g/mol. The van der Waals surface area contributed by atoms with Gasteiger partial charge in [0.2, 0.25) is 5.91 Å². The highest BCUT2D eigenvalue weighted by atomic mass is 16.5. The van der Waals surface area contributed by atoms with Gasteiger partial charge in [0.05, 0.1) is 13.2 Å². The third-order valence-corrected chi connectivity index (χ3v) is 4.04. The normalized spacial score (nSPS) is 10.4. The lowest BCUT2D eigenvalue weighted by atomic mass is 10.2. The predicted molar refractivity (Wildman–Crippen MR) is 117 cm³/mol. The van der Waals surface area contributed by atoms with Gasteiger partial charge in [-0.15, -0.1) is 0 Å². The highest BCUT2D eigenvalue weighted by Gasteiger charge is 2.08. The average molecular weight is 412 g/mol. The first kappa shape index (κ1) is 22.9. The van der Waals surface area contributed by atoms with Crippen molar-refractivity contribution in [2.45, 2.75) is 19.9 Å². The smallest absolute Gasteiger partial charge is 0.251 e. The van der Waals surface area contributed by atoms with Crippen LogP contribution < -0.4 is 21.3 Å². The topological polar surface area (TPSA) is 109 Å². The number of amides is 3. The van der Waals surface area contributed by atoms with Gasteiger partial charge in [-0.1, -0.05) is 0 Å². The lowest BCUT2D eigenvalue weighted by molar-refractivity contribution is -0.114. The number of carbonyl (C=O) groups excluding carboxylic acids is 3. The molecule has 0 saturated carbocycles. The highest BCUT2D eigenvalue weighted by molar-refractivity contribution is 5.97. The Labute approximate surface area is 176 Å². The number of hydrogen-bond acceptors (Lipinski definition) is 5. The van der Waals surface area contributed by atoms with Gasteiger partial charge in [0.25, 0.3) is 11.8 Å². The van der Waals surface area contributed by atoms with Crippen LogP contribution in [0.4, 0.5) is 11.4 Å². The van der Waals surface area contributed by atoms with E-state index in [0.717, 1.165) is 5.69 Å². The average Bonchev–Trinajstić information content (AvgIpc) is 2.73. The van der Waals surface area contributed by atoms with Gasteiger partial charge in [0.1, 0.15) is 0 Å². The number of rotatable bonds is 10. The molecule has 0 aliphatic carbocycles. The Morgan fingerprint density at radius 2 is 1.43 bits per heavy atom. The Morgan fingerprint density at radius 1 is 0.867 bits per heavy atom. The van der Waals surface area contributed by atoms with Gasteiger partial charge < -0.3 is 26.0 Å². The molecule has 8 heteroatoms. The Hall–Kier alpha value is -3.39. The van der Waals surface area contributed by atoms with Crippen molar-refractivity contribution in [2.75, 3.05) is 37.4 Å². The fourth-order valence-electron chi connectivity index (χ4n) is 2.55. The van der Waals surface area contributed by atoms with Crippen LogP contribution in [0.25, 0.3) is 0 Å². The maximum atomic E-state index is 12.1. The Bertz CT molecular complexity index is 848. The van der Waals surface area contributed by atoms with E-state index in [2.05, 4.69) is 21.3 Å². The molecule has 0 fully saturated rings. The summed E-state index contributed by atoms with van der Waals surface area (Å²) >= 11 is 0. The molecule has 0 radical (unpaired) electrons. The van der Waals surface area contributed by atoms with Crippen LogP contribution in [-0.4, -0.2) is 50.6 Å². The lowest BCUT2D eigenvalue weighted by Crippen LogP contribution is -2.30. The molecule has 30 heavy (non-hydrogen) atoms. The van der Waals surface area contributed by atoms with E-state index in [4.69, 9.17) is 4.74 Å². The third kappa shape index (κ3) is 7.56. The summed E-state index contributed by atoms with van der Waals surface area (Å²) in [4.78, 5) is 36.0. The van der Waals surface area contributed by atoms with Crippen LogP contribution in [0.5, 0.6) is 0 Å². The quantitative estimate of drug-likeness (QED) is 0.448. The molecular formula is C22H28N4O4. The van der Waals surface area contributed by atoms with Crippen LogP contribution in [0.3, 0.4) is 0 Å². The van der Waals surface area contributed by atoms with Crippen molar-refractivity contribution in [2.24, 2.45) is 0 Å². The predicted octanol–water partition coefficient (Wildman–Crippen LogP) is 2.25. The first-order valence-corrected chi connectivity index (χ1v) is 9.71. The number of methoxy groups -OCH3 is 1. The van der Waals surface area contributed by atoms with Gasteiger partial charge in [-0.2, -0.15) is 0 Å². The summed E-state index contributed by atoms with van der Waals surface area (Å²) in [6, 6.07) is 13.6. The molecule has 0 bridgehead atoms. The van der Waals surface area contributed by atoms with Crippen LogP contribution in [0.15, 0.2) is 48.5 Å². The maximum absolute atomic E-state index is 12.1. The minimum atomic E-state index is -0.228. The number of ether oxygens (including phenoxy) is 1. The van der Waals surface area contributed by atoms with Crippen molar-refractivity contribution in [1.82, 2.24) is 10.6 Å². The van der Waals surface area contributed by atoms with Crippen LogP contribution in [-0.2, 0) is 9.53 Å². The standard InChI is InChI=1S/C22H28N4O4/c1-15(2)25-22(29)17-4-8-18(9-5-17)24-14-20(27)26-19-10-6-16(7-11-19)21(28)23-12-13-30-3/h4-11,15,24H,12-14H2,1-3H3,(H,23,28)(H,25,29)(H,26,27). The SMILES string of the molecule is COCCNC(=O)c1ccc(NC(=O)CNc2ccc(C(=O)NC(C)C)cc2)cc1. The van der Waals surface area contributed by atoms with Crippen LogP contribution >= 0.6 is 0 Å². The summed E-state index contributed by atoms with van der Waals surface area (Å²) in [6.07, 6.45) is 0. The van der Waals surface area contributed by atoms with E-state index >= 15 is 0 Å². The third-order valence-electron chi connectivity index (χ3n) is 4.04. The summed E-state index contributed by atoms with van der Waals surface area (Å²) < 4.78 is 4.89. The van der Waals surface area contributed by atoms with Crippen molar-refractivity contribution in [3.8, 4) is 0 Å².